The summed E-state index contributed by atoms with van der Waals surface area (Å²) in [5.74, 6) is 0.876. The number of ether oxygens (including phenoxy) is 3. The van der Waals surface area contributed by atoms with E-state index in [1.165, 1.54) is 16.2 Å². The van der Waals surface area contributed by atoms with Crippen molar-refractivity contribution in [1.29, 1.82) is 0 Å². The zero-order valence-corrected chi connectivity index (χ0v) is 17.9. The van der Waals surface area contributed by atoms with E-state index in [0.717, 1.165) is 30.4 Å². The molecule has 156 valence electrons. The third kappa shape index (κ3) is 4.90. The van der Waals surface area contributed by atoms with E-state index in [4.69, 9.17) is 14.2 Å². The van der Waals surface area contributed by atoms with E-state index in [-0.39, 0.29) is 11.9 Å². The molecule has 0 saturated heterocycles. The summed E-state index contributed by atoms with van der Waals surface area (Å²) in [5.41, 5.74) is 2.57. The molecule has 3 rings (SSSR count). The monoisotopic (exact) mass is 417 g/mol. The highest BCUT2D eigenvalue weighted by Gasteiger charge is 2.28. The Morgan fingerprint density at radius 2 is 1.97 bits per heavy atom. The molecular weight excluding hydrogens is 390 g/mol. The summed E-state index contributed by atoms with van der Waals surface area (Å²) in [6.45, 7) is 4.58. The molecule has 2 aromatic rings. The predicted octanol–water partition coefficient (Wildman–Crippen LogP) is 4.39. The lowest BCUT2D eigenvalue weighted by atomic mass is 10.1. The molecule has 0 aliphatic heterocycles. The molecule has 0 bridgehead atoms. The Morgan fingerprint density at radius 1 is 1.14 bits per heavy atom. The number of thiophene rings is 1. The summed E-state index contributed by atoms with van der Waals surface area (Å²) in [6, 6.07) is 5.69. The first-order chi connectivity index (χ1) is 14.1. The molecule has 1 N–H and O–H groups in total. The fourth-order valence-corrected chi connectivity index (χ4v) is 4.79. The van der Waals surface area contributed by atoms with Crippen molar-refractivity contribution in [3.05, 3.63) is 39.8 Å². The van der Waals surface area contributed by atoms with Crippen molar-refractivity contribution >= 4 is 28.2 Å². The summed E-state index contributed by atoms with van der Waals surface area (Å²) >= 11 is 1.50. The molecule has 1 aliphatic rings. The van der Waals surface area contributed by atoms with E-state index in [1.807, 2.05) is 25.1 Å². The lowest BCUT2D eigenvalue weighted by molar-refractivity contribution is -0.116. The van der Waals surface area contributed by atoms with Crippen LogP contribution in [0.4, 0.5) is 5.00 Å². The van der Waals surface area contributed by atoms with Crippen molar-refractivity contribution in [3.8, 4) is 11.5 Å². The van der Waals surface area contributed by atoms with Crippen molar-refractivity contribution in [3.63, 3.8) is 0 Å². The predicted molar refractivity (Wildman–Crippen MR) is 113 cm³/mol. The molecule has 1 amide bonds. The van der Waals surface area contributed by atoms with E-state index in [9.17, 15) is 9.59 Å². The van der Waals surface area contributed by atoms with E-state index in [1.54, 1.807) is 14.0 Å². The summed E-state index contributed by atoms with van der Waals surface area (Å²) in [4.78, 5) is 26.1. The van der Waals surface area contributed by atoms with Gasteiger partial charge in [0, 0.05) is 11.3 Å². The number of carbonyl (C=O) groups excluding carboxylic acids is 2. The number of hydrogen-bond donors (Lipinski definition) is 1. The van der Waals surface area contributed by atoms with Crippen LogP contribution in [0.15, 0.2) is 18.2 Å². The minimum absolute atomic E-state index is 0.122. The van der Waals surface area contributed by atoms with Gasteiger partial charge in [0.1, 0.15) is 5.00 Å². The molecule has 0 atom stereocenters. The molecule has 0 fully saturated rings. The smallest absolute Gasteiger partial charge is 0.341 e. The Balaban J connectivity index is 1.67. The van der Waals surface area contributed by atoms with Gasteiger partial charge in [-0.05, 0) is 62.8 Å². The van der Waals surface area contributed by atoms with Gasteiger partial charge < -0.3 is 19.5 Å². The second-order valence-electron chi connectivity index (χ2n) is 6.75. The first-order valence-electron chi connectivity index (χ1n) is 9.98. The Labute approximate surface area is 175 Å². The summed E-state index contributed by atoms with van der Waals surface area (Å²) in [5, 5.41) is 3.55. The van der Waals surface area contributed by atoms with Gasteiger partial charge in [0.2, 0.25) is 5.91 Å². The minimum atomic E-state index is -0.349. The Morgan fingerprint density at radius 3 is 2.69 bits per heavy atom. The van der Waals surface area contributed by atoms with Crippen molar-refractivity contribution in [2.24, 2.45) is 0 Å². The zero-order valence-electron chi connectivity index (χ0n) is 17.1. The van der Waals surface area contributed by atoms with Gasteiger partial charge in [-0.25, -0.2) is 4.79 Å². The lowest BCUT2D eigenvalue weighted by Gasteiger charge is -2.11. The molecule has 0 unspecified atom stereocenters. The fraction of sp³-hybridized carbons (Fsp3) is 0.455. The second-order valence-corrected chi connectivity index (χ2v) is 7.85. The number of hydrogen-bond acceptors (Lipinski definition) is 6. The number of benzene rings is 1. The Bertz CT molecular complexity index is 890. The zero-order chi connectivity index (χ0) is 20.8. The van der Waals surface area contributed by atoms with Gasteiger partial charge in [0.25, 0.3) is 0 Å². The van der Waals surface area contributed by atoms with Gasteiger partial charge in [0.15, 0.2) is 11.5 Å². The fourth-order valence-electron chi connectivity index (χ4n) is 3.50. The van der Waals surface area contributed by atoms with Crippen LogP contribution in [0.3, 0.4) is 0 Å². The van der Waals surface area contributed by atoms with Crippen LogP contribution in [0.2, 0.25) is 0 Å². The number of amides is 1. The number of esters is 1. The average molecular weight is 418 g/mol. The average Bonchev–Trinajstić information content (AvgIpc) is 3.28. The van der Waals surface area contributed by atoms with Crippen LogP contribution in [0.1, 0.15) is 53.1 Å². The van der Waals surface area contributed by atoms with Crippen LogP contribution in [-0.2, 0) is 28.8 Å². The molecule has 1 aromatic carbocycles. The topological polar surface area (TPSA) is 73.9 Å². The van der Waals surface area contributed by atoms with Gasteiger partial charge in [-0.2, -0.15) is 0 Å². The van der Waals surface area contributed by atoms with E-state index >= 15 is 0 Å². The van der Waals surface area contributed by atoms with Crippen molar-refractivity contribution in [2.75, 3.05) is 25.6 Å². The maximum Gasteiger partial charge on any atom is 0.341 e. The van der Waals surface area contributed by atoms with Gasteiger partial charge in [-0.1, -0.05) is 6.07 Å². The van der Waals surface area contributed by atoms with Crippen LogP contribution < -0.4 is 14.8 Å². The standard InChI is InChI=1S/C22H27NO5S/c1-4-27-16-11-9-14(13-17(16)26-3)10-12-19(24)23-21-20(22(25)28-5-2)15-7-6-8-18(15)29-21/h9,11,13H,4-8,10,12H2,1-3H3,(H,23,24). The van der Waals surface area contributed by atoms with Crippen LogP contribution in [-0.4, -0.2) is 32.2 Å². The Kier molecular flexibility index (Phi) is 7.14. The van der Waals surface area contributed by atoms with E-state index in [2.05, 4.69) is 5.32 Å². The number of methoxy groups -OCH3 is 1. The molecule has 29 heavy (non-hydrogen) atoms. The molecular formula is C22H27NO5S. The highest BCUT2D eigenvalue weighted by molar-refractivity contribution is 7.17. The number of rotatable bonds is 9. The Hall–Kier alpha value is -2.54. The number of carbonyl (C=O) groups is 2. The molecule has 1 heterocycles. The maximum absolute atomic E-state index is 12.6. The highest BCUT2D eigenvalue weighted by Crippen LogP contribution is 2.39. The van der Waals surface area contributed by atoms with Gasteiger partial charge in [0.05, 0.1) is 25.9 Å². The number of anilines is 1. The molecule has 1 aromatic heterocycles. The minimum Gasteiger partial charge on any atom is -0.493 e. The van der Waals surface area contributed by atoms with Gasteiger partial charge >= 0.3 is 5.97 Å². The first-order valence-corrected chi connectivity index (χ1v) is 10.8. The van der Waals surface area contributed by atoms with Gasteiger partial charge in [-0.3, -0.25) is 4.79 Å². The number of nitrogens with one attached hydrogen (secondary N) is 1. The number of fused-ring (bicyclic) bond motifs is 1. The first kappa shape index (κ1) is 21.2. The van der Waals surface area contributed by atoms with Crippen molar-refractivity contribution in [1.82, 2.24) is 0 Å². The summed E-state index contributed by atoms with van der Waals surface area (Å²) in [6.07, 6.45) is 3.73. The van der Waals surface area contributed by atoms with Crippen LogP contribution in [0, 0.1) is 0 Å². The summed E-state index contributed by atoms with van der Waals surface area (Å²) in [7, 11) is 1.60. The van der Waals surface area contributed by atoms with Crippen LogP contribution >= 0.6 is 11.3 Å². The van der Waals surface area contributed by atoms with Gasteiger partial charge in [-0.15, -0.1) is 11.3 Å². The quantitative estimate of drug-likeness (QED) is 0.613. The molecule has 1 aliphatic carbocycles. The summed E-state index contributed by atoms with van der Waals surface area (Å²) < 4.78 is 16.1. The molecule has 6 nitrogen and oxygen atoms in total. The van der Waals surface area contributed by atoms with Crippen molar-refractivity contribution < 1.29 is 23.8 Å². The SMILES string of the molecule is CCOC(=O)c1c(NC(=O)CCc2ccc(OCC)c(OC)c2)sc2c1CCC2. The third-order valence-corrected chi connectivity index (χ3v) is 6.03. The van der Waals surface area contributed by atoms with E-state index < -0.39 is 0 Å². The molecule has 0 saturated carbocycles. The largest absolute Gasteiger partial charge is 0.493 e. The van der Waals surface area contributed by atoms with Crippen molar-refractivity contribution in [2.45, 2.75) is 46.0 Å². The molecule has 0 radical (unpaired) electrons. The third-order valence-electron chi connectivity index (χ3n) is 4.82. The maximum atomic E-state index is 12.6. The molecule has 0 spiro atoms. The van der Waals surface area contributed by atoms with E-state index in [0.29, 0.717) is 48.1 Å². The highest BCUT2D eigenvalue weighted by atomic mass is 32.1. The lowest BCUT2D eigenvalue weighted by Crippen LogP contribution is -2.15. The number of aryl methyl sites for hydroxylation is 2. The normalized spacial score (nSPS) is 12.4. The van der Waals surface area contributed by atoms with Crippen LogP contribution in [0.25, 0.3) is 0 Å². The van der Waals surface area contributed by atoms with Crippen LogP contribution in [0.5, 0.6) is 11.5 Å². The second kappa shape index (κ2) is 9.78. The molecule has 7 heteroatoms.